The van der Waals surface area contributed by atoms with Gasteiger partial charge in [0.25, 0.3) is 0 Å². The van der Waals surface area contributed by atoms with Gasteiger partial charge in [-0.05, 0) is 44.5 Å². The molecule has 0 aromatic heterocycles. The Morgan fingerprint density at radius 1 is 1.29 bits per heavy atom. The third-order valence-electron chi connectivity index (χ3n) is 2.63. The molecule has 1 saturated heterocycles. The largest absolute Gasteiger partial charge is 0.337 e. The van der Waals surface area contributed by atoms with E-state index in [1.807, 2.05) is 24.3 Å². The number of hydrogen-bond donors (Lipinski definition) is 0. The lowest BCUT2D eigenvalue weighted by Gasteiger charge is -2.14. The van der Waals surface area contributed by atoms with Gasteiger partial charge in [0.05, 0.1) is 5.69 Å². The molecule has 1 heterocycles. The summed E-state index contributed by atoms with van der Waals surface area (Å²) < 4.78 is 0. The van der Waals surface area contributed by atoms with Crippen molar-refractivity contribution < 1.29 is 0 Å². The van der Waals surface area contributed by atoms with Crippen molar-refractivity contribution in [2.45, 2.75) is 26.7 Å². The van der Waals surface area contributed by atoms with Crippen LogP contribution in [0.15, 0.2) is 41.0 Å². The Bertz CT molecular complexity index is 442. The van der Waals surface area contributed by atoms with Crippen LogP contribution in [-0.4, -0.2) is 17.3 Å². The van der Waals surface area contributed by atoms with Crippen molar-refractivity contribution in [3.63, 3.8) is 0 Å². The van der Waals surface area contributed by atoms with E-state index in [0.717, 1.165) is 29.5 Å². The smallest absolute Gasteiger partial charge is 0.109 e. The van der Waals surface area contributed by atoms with Crippen LogP contribution in [-0.2, 0) is 0 Å². The van der Waals surface area contributed by atoms with Crippen molar-refractivity contribution in [3.8, 4) is 0 Å². The van der Waals surface area contributed by atoms with E-state index in [0.29, 0.717) is 0 Å². The van der Waals surface area contributed by atoms with Gasteiger partial charge in [-0.3, -0.25) is 0 Å². The predicted octanol–water partition coefficient (Wildman–Crippen LogP) is 4.39. The number of nitrogens with zero attached hydrogens (tertiary/aromatic N) is 2. The molecule has 2 nitrogen and oxygen atoms in total. The summed E-state index contributed by atoms with van der Waals surface area (Å²) in [5.41, 5.74) is 2.27. The maximum Gasteiger partial charge on any atom is 0.109 e. The number of rotatable bonds is 2. The topological polar surface area (TPSA) is 15.6 Å². The van der Waals surface area contributed by atoms with E-state index in [1.165, 1.54) is 12.0 Å². The molecule has 1 aliphatic heterocycles. The molecule has 3 heteroatoms. The standard InChI is InChI=1S/C14H17ClN2/c1-11(2)10-17-9-3-4-14(17)16-13-7-5-12(15)6-8-13/h5-8,10H,3-4,9H2,1-2H3. The van der Waals surface area contributed by atoms with Gasteiger partial charge in [-0.25, -0.2) is 4.99 Å². The quantitative estimate of drug-likeness (QED) is 0.758. The van der Waals surface area contributed by atoms with Crippen LogP contribution in [0.5, 0.6) is 0 Å². The van der Waals surface area contributed by atoms with E-state index in [2.05, 4.69) is 29.9 Å². The molecule has 1 aromatic rings. The summed E-state index contributed by atoms with van der Waals surface area (Å²) in [6.45, 7) is 5.29. The molecule has 0 atom stereocenters. The van der Waals surface area contributed by atoms with Crippen LogP contribution in [0.25, 0.3) is 0 Å². The molecule has 1 fully saturated rings. The van der Waals surface area contributed by atoms with E-state index >= 15 is 0 Å². The summed E-state index contributed by atoms with van der Waals surface area (Å²) in [6.07, 6.45) is 4.39. The Morgan fingerprint density at radius 2 is 2.00 bits per heavy atom. The molecule has 0 N–H and O–H groups in total. The molecule has 17 heavy (non-hydrogen) atoms. The minimum absolute atomic E-state index is 0.751. The van der Waals surface area contributed by atoms with E-state index in [1.54, 1.807) is 0 Å². The molecule has 0 amide bonds. The van der Waals surface area contributed by atoms with Crippen LogP contribution in [0.1, 0.15) is 26.7 Å². The van der Waals surface area contributed by atoms with Gasteiger partial charge in [-0.1, -0.05) is 17.2 Å². The Kier molecular flexibility index (Phi) is 3.85. The first kappa shape index (κ1) is 12.2. The normalized spacial score (nSPS) is 17.6. The maximum absolute atomic E-state index is 5.86. The third-order valence-corrected chi connectivity index (χ3v) is 2.88. The molecular weight excluding hydrogens is 232 g/mol. The molecule has 0 saturated carbocycles. The molecule has 1 aliphatic rings. The average Bonchev–Trinajstić information content (AvgIpc) is 2.68. The van der Waals surface area contributed by atoms with Crippen molar-refractivity contribution in [3.05, 3.63) is 41.1 Å². The second kappa shape index (κ2) is 5.37. The molecule has 0 radical (unpaired) electrons. The number of amidine groups is 1. The third kappa shape index (κ3) is 3.34. The highest BCUT2D eigenvalue weighted by molar-refractivity contribution is 6.30. The van der Waals surface area contributed by atoms with E-state index in [-0.39, 0.29) is 0 Å². The molecule has 0 unspecified atom stereocenters. The van der Waals surface area contributed by atoms with Gasteiger partial charge in [0.1, 0.15) is 5.84 Å². The summed E-state index contributed by atoms with van der Waals surface area (Å²) >= 11 is 5.86. The Hall–Kier alpha value is -1.28. The van der Waals surface area contributed by atoms with Crippen LogP contribution in [0.4, 0.5) is 5.69 Å². The van der Waals surface area contributed by atoms with Crippen molar-refractivity contribution >= 4 is 23.1 Å². The molecule has 2 rings (SSSR count). The lowest BCUT2D eigenvalue weighted by Crippen LogP contribution is -2.18. The lowest BCUT2D eigenvalue weighted by atomic mass is 10.3. The number of benzene rings is 1. The summed E-state index contributed by atoms with van der Waals surface area (Å²) in [6, 6.07) is 7.66. The van der Waals surface area contributed by atoms with Crippen molar-refractivity contribution in [1.82, 2.24) is 4.90 Å². The van der Waals surface area contributed by atoms with Gasteiger partial charge in [0.2, 0.25) is 0 Å². The molecule has 0 aliphatic carbocycles. The summed E-state index contributed by atoms with van der Waals surface area (Å²) in [4.78, 5) is 6.91. The maximum atomic E-state index is 5.86. The van der Waals surface area contributed by atoms with Crippen LogP contribution < -0.4 is 0 Å². The highest BCUT2D eigenvalue weighted by atomic mass is 35.5. The first-order chi connectivity index (χ1) is 8.15. The number of aliphatic imine (C=N–C) groups is 1. The highest BCUT2D eigenvalue weighted by Gasteiger charge is 2.16. The van der Waals surface area contributed by atoms with Crippen LogP contribution >= 0.6 is 11.6 Å². The SMILES string of the molecule is CC(C)=CN1CCCC1=Nc1ccc(Cl)cc1. The van der Waals surface area contributed by atoms with E-state index in [4.69, 9.17) is 11.6 Å². The monoisotopic (exact) mass is 248 g/mol. The van der Waals surface area contributed by atoms with Gasteiger partial charge in [0, 0.05) is 24.2 Å². The minimum atomic E-state index is 0.751. The lowest BCUT2D eigenvalue weighted by molar-refractivity contribution is 0.598. The number of hydrogen-bond acceptors (Lipinski definition) is 1. The number of halogens is 1. The average molecular weight is 249 g/mol. The highest BCUT2D eigenvalue weighted by Crippen LogP contribution is 2.21. The fourth-order valence-corrected chi connectivity index (χ4v) is 2.04. The number of allylic oxidation sites excluding steroid dienone is 1. The van der Waals surface area contributed by atoms with Gasteiger partial charge >= 0.3 is 0 Å². The van der Waals surface area contributed by atoms with Crippen molar-refractivity contribution in [2.75, 3.05) is 6.54 Å². The molecule has 1 aromatic carbocycles. The van der Waals surface area contributed by atoms with Crippen molar-refractivity contribution in [2.24, 2.45) is 4.99 Å². The van der Waals surface area contributed by atoms with E-state index < -0.39 is 0 Å². The predicted molar refractivity (Wildman–Crippen MR) is 73.9 cm³/mol. The fraction of sp³-hybridized carbons (Fsp3) is 0.357. The van der Waals surface area contributed by atoms with Crippen LogP contribution in [0.2, 0.25) is 5.02 Å². The van der Waals surface area contributed by atoms with E-state index in [9.17, 15) is 0 Å². The molecule has 0 spiro atoms. The van der Waals surface area contributed by atoms with Gasteiger partial charge < -0.3 is 4.90 Å². The summed E-state index contributed by atoms with van der Waals surface area (Å²) in [5, 5.41) is 0.751. The molecule has 0 bridgehead atoms. The zero-order valence-corrected chi connectivity index (χ0v) is 11.0. The second-order valence-corrected chi connectivity index (χ2v) is 4.94. The summed E-state index contributed by atoms with van der Waals surface area (Å²) in [5.74, 6) is 1.15. The first-order valence-corrected chi connectivity index (χ1v) is 6.28. The second-order valence-electron chi connectivity index (χ2n) is 4.51. The van der Waals surface area contributed by atoms with Gasteiger partial charge in [-0.15, -0.1) is 0 Å². The summed E-state index contributed by atoms with van der Waals surface area (Å²) in [7, 11) is 0. The Labute approximate surface area is 108 Å². The minimum Gasteiger partial charge on any atom is -0.337 e. The van der Waals surface area contributed by atoms with Crippen molar-refractivity contribution in [1.29, 1.82) is 0 Å². The van der Waals surface area contributed by atoms with Gasteiger partial charge in [-0.2, -0.15) is 0 Å². The zero-order valence-electron chi connectivity index (χ0n) is 10.3. The van der Waals surface area contributed by atoms with Crippen LogP contribution in [0, 0.1) is 0 Å². The zero-order chi connectivity index (χ0) is 12.3. The first-order valence-electron chi connectivity index (χ1n) is 5.90. The molecule has 90 valence electrons. The Balaban J connectivity index is 2.20. The van der Waals surface area contributed by atoms with Gasteiger partial charge in [0.15, 0.2) is 0 Å². The fourth-order valence-electron chi connectivity index (χ4n) is 1.92. The number of likely N-dealkylation sites (tertiary alicyclic amines) is 1. The Morgan fingerprint density at radius 3 is 2.65 bits per heavy atom. The van der Waals surface area contributed by atoms with Crippen LogP contribution in [0.3, 0.4) is 0 Å². The molecular formula is C14H17ClN2.